The van der Waals surface area contributed by atoms with E-state index in [1.54, 1.807) is 7.11 Å². The average Bonchev–Trinajstić information content (AvgIpc) is 3.46. The summed E-state index contributed by atoms with van der Waals surface area (Å²) in [6, 6.07) is 8.54. The van der Waals surface area contributed by atoms with Crippen molar-refractivity contribution in [3.05, 3.63) is 34.3 Å². The molecule has 2 N–H and O–H groups in total. The van der Waals surface area contributed by atoms with E-state index in [4.69, 9.17) is 14.5 Å². The molecule has 1 aromatic rings. The van der Waals surface area contributed by atoms with Gasteiger partial charge < -0.3 is 20.1 Å². The highest BCUT2D eigenvalue weighted by Crippen LogP contribution is 2.49. The molecule has 5 nitrogen and oxygen atoms in total. The summed E-state index contributed by atoms with van der Waals surface area (Å²) in [5.74, 6) is 0.869. The van der Waals surface area contributed by atoms with Gasteiger partial charge in [0.05, 0.1) is 12.1 Å². The molecule has 1 aliphatic heterocycles. The number of guanidine groups is 1. The second-order valence-corrected chi connectivity index (χ2v) is 8.16. The van der Waals surface area contributed by atoms with Gasteiger partial charge in [0.2, 0.25) is 0 Å². The standard InChI is InChI=1S/C20H30BrN3O2.HI/c1-3-22-18(24-15-20(25-2)10-12-26-13-11-20)23-14-19(8-9-19)16-6-4-5-7-17(16)21;/h4-7H,3,8-15H2,1-2H3,(H2,22,23,24);1H. The Kier molecular flexibility index (Phi) is 8.83. The summed E-state index contributed by atoms with van der Waals surface area (Å²) in [5.41, 5.74) is 1.41. The molecule has 2 aliphatic rings. The average molecular weight is 552 g/mol. The van der Waals surface area contributed by atoms with Crippen LogP contribution >= 0.6 is 39.9 Å². The summed E-state index contributed by atoms with van der Waals surface area (Å²) in [6.07, 6.45) is 4.21. The molecule has 1 saturated carbocycles. The predicted octanol–water partition coefficient (Wildman–Crippen LogP) is 3.85. The lowest BCUT2D eigenvalue weighted by atomic mass is 9.94. The number of hydrogen-bond donors (Lipinski definition) is 2. The Morgan fingerprint density at radius 3 is 2.48 bits per heavy atom. The molecule has 2 fully saturated rings. The monoisotopic (exact) mass is 551 g/mol. The number of hydrogen-bond acceptors (Lipinski definition) is 3. The third kappa shape index (κ3) is 5.81. The van der Waals surface area contributed by atoms with Gasteiger partial charge in [0.15, 0.2) is 5.96 Å². The van der Waals surface area contributed by atoms with Gasteiger partial charge in [0.1, 0.15) is 0 Å². The summed E-state index contributed by atoms with van der Waals surface area (Å²) < 4.78 is 12.5. The second-order valence-electron chi connectivity index (χ2n) is 7.31. The maximum absolute atomic E-state index is 5.80. The van der Waals surface area contributed by atoms with E-state index >= 15 is 0 Å². The molecule has 7 heteroatoms. The molecular formula is C20H31BrIN3O2. The first-order valence-electron chi connectivity index (χ1n) is 9.53. The minimum absolute atomic E-state index is 0. The van der Waals surface area contributed by atoms with Crippen LogP contribution in [0.2, 0.25) is 0 Å². The third-order valence-electron chi connectivity index (χ3n) is 5.60. The van der Waals surface area contributed by atoms with Gasteiger partial charge in [-0.2, -0.15) is 0 Å². The van der Waals surface area contributed by atoms with E-state index in [1.807, 2.05) is 0 Å². The van der Waals surface area contributed by atoms with Crippen molar-refractivity contribution in [2.24, 2.45) is 4.99 Å². The van der Waals surface area contributed by atoms with Crippen molar-refractivity contribution in [1.82, 2.24) is 10.6 Å². The van der Waals surface area contributed by atoms with Crippen LogP contribution in [0.15, 0.2) is 33.7 Å². The number of nitrogens with one attached hydrogen (secondary N) is 2. The second kappa shape index (κ2) is 10.4. The lowest BCUT2D eigenvalue weighted by Crippen LogP contribution is -2.45. The number of nitrogens with zero attached hydrogens (tertiary/aromatic N) is 1. The molecule has 1 aromatic carbocycles. The van der Waals surface area contributed by atoms with Crippen LogP contribution < -0.4 is 10.6 Å². The van der Waals surface area contributed by atoms with Gasteiger partial charge >= 0.3 is 0 Å². The van der Waals surface area contributed by atoms with E-state index in [0.29, 0.717) is 6.54 Å². The van der Waals surface area contributed by atoms with E-state index in [-0.39, 0.29) is 35.0 Å². The molecule has 1 heterocycles. The first kappa shape index (κ1) is 22.9. The Hall–Kier alpha value is -0.380. The van der Waals surface area contributed by atoms with Crippen molar-refractivity contribution in [2.45, 2.75) is 43.6 Å². The zero-order valence-electron chi connectivity index (χ0n) is 16.2. The summed E-state index contributed by atoms with van der Waals surface area (Å²) >= 11 is 3.71. The zero-order chi connectivity index (χ0) is 18.5. The number of ether oxygens (including phenoxy) is 2. The number of benzene rings is 1. The summed E-state index contributed by atoms with van der Waals surface area (Å²) in [6.45, 7) is 5.99. The highest BCUT2D eigenvalue weighted by molar-refractivity contribution is 14.0. The smallest absolute Gasteiger partial charge is 0.191 e. The normalized spacial score (nSPS) is 20.5. The summed E-state index contributed by atoms with van der Waals surface area (Å²) in [4.78, 5) is 4.83. The molecule has 0 atom stereocenters. The van der Waals surface area contributed by atoms with Crippen LogP contribution in [0.3, 0.4) is 0 Å². The maximum atomic E-state index is 5.80. The van der Waals surface area contributed by atoms with Crippen molar-refractivity contribution >= 4 is 45.9 Å². The Bertz CT molecular complexity index is 631. The van der Waals surface area contributed by atoms with Crippen LogP contribution in [0, 0.1) is 0 Å². The first-order chi connectivity index (χ1) is 12.6. The SMILES string of the molecule is CCNC(=NCC1(OC)CCOCC1)NCC1(c2ccccc2Br)CC1.I. The predicted molar refractivity (Wildman–Crippen MR) is 124 cm³/mol. The number of aliphatic imine (C=N–C) groups is 1. The van der Waals surface area contributed by atoms with Gasteiger partial charge in [0.25, 0.3) is 0 Å². The van der Waals surface area contributed by atoms with Gasteiger partial charge in [-0.25, -0.2) is 0 Å². The Morgan fingerprint density at radius 1 is 1.19 bits per heavy atom. The van der Waals surface area contributed by atoms with Gasteiger partial charge in [-0.3, -0.25) is 4.99 Å². The van der Waals surface area contributed by atoms with Crippen LogP contribution in [-0.4, -0.2) is 51.5 Å². The molecule has 152 valence electrons. The van der Waals surface area contributed by atoms with Gasteiger partial charge in [-0.05, 0) is 31.4 Å². The molecule has 0 radical (unpaired) electrons. The van der Waals surface area contributed by atoms with Gasteiger partial charge in [-0.1, -0.05) is 34.1 Å². The van der Waals surface area contributed by atoms with Gasteiger partial charge in [0, 0.05) is 56.1 Å². The van der Waals surface area contributed by atoms with Crippen LogP contribution in [0.1, 0.15) is 38.2 Å². The lowest BCUT2D eigenvalue weighted by Gasteiger charge is -2.34. The summed E-state index contributed by atoms with van der Waals surface area (Å²) in [5, 5.41) is 6.93. The number of halogens is 2. The van der Waals surface area contributed by atoms with E-state index in [0.717, 1.165) is 45.1 Å². The first-order valence-corrected chi connectivity index (χ1v) is 10.3. The topological polar surface area (TPSA) is 54.9 Å². The van der Waals surface area contributed by atoms with Crippen LogP contribution in [-0.2, 0) is 14.9 Å². The maximum Gasteiger partial charge on any atom is 0.191 e. The molecule has 27 heavy (non-hydrogen) atoms. The Balaban J connectivity index is 0.00000261. The van der Waals surface area contributed by atoms with E-state index in [9.17, 15) is 0 Å². The fourth-order valence-corrected chi connectivity index (χ4v) is 4.28. The number of rotatable bonds is 7. The fourth-order valence-electron chi connectivity index (χ4n) is 3.57. The Morgan fingerprint density at radius 2 is 1.89 bits per heavy atom. The molecule has 0 unspecified atom stereocenters. The molecule has 0 amide bonds. The molecular weight excluding hydrogens is 521 g/mol. The molecule has 3 rings (SSSR count). The molecule has 0 spiro atoms. The van der Waals surface area contributed by atoms with E-state index in [1.165, 1.54) is 22.9 Å². The minimum Gasteiger partial charge on any atom is -0.381 e. The van der Waals surface area contributed by atoms with Crippen molar-refractivity contribution in [3.8, 4) is 0 Å². The van der Waals surface area contributed by atoms with Crippen LogP contribution in [0.25, 0.3) is 0 Å². The van der Waals surface area contributed by atoms with Gasteiger partial charge in [-0.15, -0.1) is 24.0 Å². The molecule has 0 bridgehead atoms. The highest BCUT2D eigenvalue weighted by Gasteiger charge is 2.45. The van der Waals surface area contributed by atoms with Crippen molar-refractivity contribution < 1.29 is 9.47 Å². The van der Waals surface area contributed by atoms with Crippen molar-refractivity contribution in [1.29, 1.82) is 0 Å². The largest absolute Gasteiger partial charge is 0.381 e. The van der Waals surface area contributed by atoms with Crippen LogP contribution in [0.5, 0.6) is 0 Å². The molecule has 0 aromatic heterocycles. The minimum atomic E-state index is -0.194. The quantitative estimate of drug-likeness (QED) is 0.307. The molecule has 1 aliphatic carbocycles. The molecule has 1 saturated heterocycles. The summed E-state index contributed by atoms with van der Waals surface area (Å²) in [7, 11) is 1.79. The number of methoxy groups -OCH3 is 1. The van der Waals surface area contributed by atoms with E-state index < -0.39 is 0 Å². The highest BCUT2D eigenvalue weighted by atomic mass is 127. The van der Waals surface area contributed by atoms with Crippen molar-refractivity contribution in [2.75, 3.05) is 40.0 Å². The van der Waals surface area contributed by atoms with Crippen LogP contribution in [0.4, 0.5) is 0 Å². The third-order valence-corrected chi connectivity index (χ3v) is 6.29. The fraction of sp³-hybridized carbons (Fsp3) is 0.650. The van der Waals surface area contributed by atoms with E-state index in [2.05, 4.69) is 57.8 Å². The lowest BCUT2D eigenvalue weighted by molar-refractivity contribution is -0.0828. The zero-order valence-corrected chi connectivity index (χ0v) is 20.1. The van der Waals surface area contributed by atoms with Crippen molar-refractivity contribution in [3.63, 3.8) is 0 Å². The Labute approximate surface area is 188 Å².